The predicted octanol–water partition coefficient (Wildman–Crippen LogP) is 3.24. The van der Waals surface area contributed by atoms with E-state index < -0.39 is 0 Å². The van der Waals surface area contributed by atoms with Gasteiger partial charge in [0, 0.05) is 24.7 Å². The van der Waals surface area contributed by atoms with Crippen molar-refractivity contribution in [2.24, 2.45) is 5.92 Å². The molecule has 0 unspecified atom stereocenters. The van der Waals surface area contributed by atoms with Crippen molar-refractivity contribution in [1.29, 1.82) is 0 Å². The molecule has 1 aliphatic rings. The third-order valence-electron chi connectivity index (χ3n) is 3.83. The number of carbonyl (C=O) groups excluding carboxylic acids is 1. The third-order valence-corrected chi connectivity index (χ3v) is 3.83. The van der Waals surface area contributed by atoms with E-state index in [9.17, 15) is 4.79 Å². The summed E-state index contributed by atoms with van der Waals surface area (Å²) in [4.78, 5) is 14.5. The standard InChI is InChI=1S/C17H26N2O/c1-13(2)10-11-19(16-7-8-16)17(20)9-6-14-4-3-5-15(18)12-14/h3-5,12-13,16H,6-11,18H2,1-2H3. The van der Waals surface area contributed by atoms with Gasteiger partial charge in [0.05, 0.1) is 0 Å². The van der Waals surface area contributed by atoms with Gasteiger partial charge in [-0.1, -0.05) is 26.0 Å². The van der Waals surface area contributed by atoms with E-state index in [0.29, 0.717) is 24.3 Å². The van der Waals surface area contributed by atoms with Crippen LogP contribution in [0.2, 0.25) is 0 Å². The Balaban J connectivity index is 1.85. The highest BCUT2D eigenvalue weighted by Gasteiger charge is 2.31. The molecule has 1 saturated carbocycles. The molecule has 3 heteroatoms. The number of hydrogen-bond acceptors (Lipinski definition) is 2. The highest BCUT2D eigenvalue weighted by molar-refractivity contribution is 5.77. The summed E-state index contributed by atoms with van der Waals surface area (Å²) in [5, 5.41) is 0. The van der Waals surface area contributed by atoms with Gasteiger partial charge in [-0.3, -0.25) is 4.79 Å². The van der Waals surface area contributed by atoms with Crippen molar-refractivity contribution in [1.82, 2.24) is 4.90 Å². The first-order valence-corrected chi connectivity index (χ1v) is 7.70. The van der Waals surface area contributed by atoms with Crippen LogP contribution in [0.4, 0.5) is 5.69 Å². The second-order valence-corrected chi connectivity index (χ2v) is 6.25. The smallest absolute Gasteiger partial charge is 0.223 e. The first-order valence-electron chi connectivity index (χ1n) is 7.70. The summed E-state index contributed by atoms with van der Waals surface area (Å²) in [6.45, 7) is 5.34. The lowest BCUT2D eigenvalue weighted by Crippen LogP contribution is -2.34. The minimum Gasteiger partial charge on any atom is -0.399 e. The molecule has 1 aliphatic carbocycles. The van der Waals surface area contributed by atoms with Gasteiger partial charge in [-0.2, -0.15) is 0 Å². The Kier molecular flexibility index (Phi) is 5.05. The fourth-order valence-corrected chi connectivity index (χ4v) is 2.44. The van der Waals surface area contributed by atoms with Crippen LogP contribution in [-0.2, 0) is 11.2 Å². The lowest BCUT2D eigenvalue weighted by molar-refractivity contribution is -0.131. The molecule has 110 valence electrons. The first-order chi connectivity index (χ1) is 9.56. The number of carbonyl (C=O) groups is 1. The van der Waals surface area contributed by atoms with Crippen LogP contribution in [0.25, 0.3) is 0 Å². The molecule has 0 aliphatic heterocycles. The van der Waals surface area contributed by atoms with Crippen LogP contribution in [0, 0.1) is 5.92 Å². The topological polar surface area (TPSA) is 46.3 Å². The molecular weight excluding hydrogens is 248 g/mol. The third kappa shape index (κ3) is 4.55. The number of aryl methyl sites for hydroxylation is 1. The molecule has 0 bridgehead atoms. The Morgan fingerprint density at radius 1 is 1.40 bits per heavy atom. The van der Waals surface area contributed by atoms with Crippen molar-refractivity contribution < 1.29 is 4.79 Å². The zero-order chi connectivity index (χ0) is 14.5. The highest BCUT2D eigenvalue weighted by Crippen LogP contribution is 2.28. The van der Waals surface area contributed by atoms with Gasteiger partial charge < -0.3 is 10.6 Å². The van der Waals surface area contributed by atoms with Gasteiger partial charge >= 0.3 is 0 Å². The molecule has 0 saturated heterocycles. The summed E-state index contributed by atoms with van der Waals surface area (Å²) in [5.74, 6) is 0.952. The van der Waals surface area contributed by atoms with Gasteiger partial charge in [-0.15, -0.1) is 0 Å². The fourth-order valence-electron chi connectivity index (χ4n) is 2.44. The second-order valence-electron chi connectivity index (χ2n) is 6.25. The molecule has 0 atom stereocenters. The van der Waals surface area contributed by atoms with Crippen LogP contribution < -0.4 is 5.73 Å². The van der Waals surface area contributed by atoms with E-state index in [2.05, 4.69) is 18.7 Å². The summed E-state index contributed by atoms with van der Waals surface area (Å²) in [7, 11) is 0. The summed E-state index contributed by atoms with van der Waals surface area (Å²) < 4.78 is 0. The van der Waals surface area contributed by atoms with Gasteiger partial charge in [0.2, 0.25) is 5.91 Å². The van der Waals surface area contributed by atoms with Crippen LogP contribution in [0.3, 0.4) is 0 Å². The minimum atomic E-state index is 0.301. The Hall–Kier alpha value is -1.51. The van der Waals surface area contributed by atoms with E-state index in [1.165, 1.54) is 12.8 Å². The van der Waals surface area contributed by atoms with Crippen LogP contribution in [-0.4, -0.2) is 23.4 Å². The maximum absolute atomic E-state index is 12.4. The Labute approximate surface area is 122 Å². The number of nitrogen functional groups attached to an aromatic ring is 1. The van der Waals surface area contributed by atoms with E-state index in [1.807, 2.05) is 24.3 Å². The zero-order valence-corrected chi connectivity index (χ0v) is 12.6. The maximum Gasteiger partial charge on any atom is 0.223 e. The molecular formula is C17H26N2O. The summed E-state index contributed by atoms with van der Waals surface area (Å²) in [5.41, 5.74) is 7.69. The van der Waals surface area contributed by atoms with Gasteiger partial charge in [-0.05, 0) is 49.3 Å². The van der Waals surface area contributed by atoms with E-state index in [0.717, 1.165) is 30.6 Å². The Morgan fingerprint density at radius 3 is 2.75 bits per heavy atom. The number of nitrogens with zero attached hydrogens (tertiary/aromatic N) is 1. The number of rotatable bonds is 7. The molecule has 0 spiro atoms. The van der Waals surface area contributed by atoms with Gasteiger partial charge in [-0.25, -0.2) is 0 Å². The van der Waals surface area contributed by atoms with Gasteiger partial charge in [0.15, 0.2) is 0 Å². The van der Waals surface area contributed by atoms with Crippen molar-refractivity contribution in [3.8, 4) is 0 Å². The van der Waals surface area contributed by atoms with Gasteiger partial charge in [0.25, 0.3) is 0 Å². The number of anilines is 1. The maximum atomic E-state index is 12.4. The lowest BCUT2D eigenvalue weighted by Gasteiger charge is -2.23. The molecule has 1 aromatic carbocycles. The van der Waals surface area contributed by atoms with Crippen molar-refractivity contribution in [3.63, 3.8) is 0 Å². The highest BCUT2D eigenvalue weighted by atomic mass is 16.2. The van der Waals surface area contributed by atoms with Crippen molar-refractivity contribution in [2.45, 2.75) is 52.0 Å². The summed E-state index contributed by atoms with van der Waals surface area (Å²) >= 11 is 0. The number of benzene rings is 1. The largest absolute Gasteiger partial charge is 0.399 e. The fraction of sp³-hybridized carbons (Fsp3) is 0.588. The van der Waals surface area contributed by atoms with Crippen molar-refractivity contribution in [2.75, 3.05) is 12.3 Å². The van der Waals surface area contributed by atoms with Gasteiger partial charge in [0.1, 0.15) is 0 Å². The average molecular weight is 274 g/mol. The van der Waals surface area contributed by atoms with Crippen LogP contribution in [0.5, 0.6) is 0 Å². The first kappa shape index (κ1) is 14.9. The normalized spacial score (nSPS) is 14.6. The molecule has 1 aromatic rings. The molecule has 1 amide bonds. The van der Waals surface area contributed by atoms with E-state index in [-0.39, 0.29) is 0 Å². The zero-order valence-electron chi connectivity index (χ0n) is 12.6. The SMILES string of the molecule is CC(C)CCN(C(=O)CCc1cccc(N)c1)C1CC1. The number of hydrogen-bond donors (Lipinski definition) is 1. The summed E-state index contributed by atoms with van der Waals surface area (Å²) in [6, 6.07) is 8.35. The predicted molar refractivity (Wildman–Crippen MR) is 83.4 cm³/mol. The minimum absolute atomic E-state index is 0.301. The second kappa shape index (κ2) is 6.78. The Morgan fingerprint density at radius 2 is 2.15 bits per heavy atom. The molecule has 1 fully saturated rings. The molecule has 2 N–H and O–H groups in total. The molecule has 20 heavy (non-hydrogen) atoms. The molecule has 2 rings (SSSR count). The molecule has 0 heterocycles. The molecule has 0 radical (unpaired) electrons. The average Bonchev–Trinajstić information content (AvgIpc) is 3.21. The van der Waals surface area contributed by atoms with Crippen molar-refractivity contribution in [3.05, 3.63) is 29.8 Å². The quantitative estimate of drug-likeness (QED) is 0.776. The van der Waals surface area contributed by atoms with Crippen molar-refractivity contribution >= 4 is 11.6 Å². The number of amides is 1. The monoisotopic (exact) mass is 274 g/mol. The molecule has 0 aromatic heterocycles. The van der Waals surface area contributed by atoms with Crippen LogP contribution in [0.15, 0.2) is 24.3 Å². The molecule has 3 nitrogen and oxygen atoms in total. The summed E-state index contributed by atoms with van der Waals surface area (Å²) in [6.07, 6.45) is 4.84. The van der Waals surface area contributed by atoms with E-state index in [4.69, 9.17) is 5.73 Å². The van der Waals surface area contributed by atoms with E-state index in [1.54, 1.807) is 0 Å². The van der Waals surface area contributed by atoms with Crippen LogP contribution >= 0.6 is 0 Å². The van der Waals surface area contributed by atoms with E-state index >= 15 is 0 Å². The number of nitrogens with two attached hydrogens (primary N) is 1. The van der Waals surface area contributed by atoms with Crippen LogP contribution in [0.1, 0.15) is 45.1 Å². The Bertz CT molecular complexity index is 452. The lowest BCUT2D eigenvalue weighted by atomic mass is 10.1.